The summed E-state index contributed by atoms with van der Waals surface area (Å²) in [5, 5.41) is 18.3. The van der Waals surface area contributed by atoms with Crippen molar-refractivity contribution in [2.45, 2.75) is 6.04 Å². The first-order chi connectivity index (χ1) is 7.66. The molecule has 0 bridgehead atoms. The van der Waals surface area contributed by atoms with E-state index >= 15 is 0 Å². The fourth-order valence-corrected chi connectivity index (χ4v) is 1.56. The van der Waals surface area contributed by atoms with Gasteiger partial charge in [-0.1, -0.05) is 24.3 Å². The number of hydrogen-bond acceptors (Lipinski definition) is 3. The van der Waals surface area contributed by atoms with Crippen LogP contribution in [-0.2, 0) is 0 Å². The van der Waals surface area contributed by atoms with Crippen LogP contribution in [0.2, 0.25) is 0 Å². The van der Waals surface area contributed by atoms with Gasteiger partial charge in [0.25, 0.3) is 0 Å². The second-order valence-corrected chi connectivity index (χ2v) is 3.66. The predicted molar refractivity (Wildman–Crippen MR) is 62.2 cm³/mol. The molecule has 0 heterocycles. The second-order valence-electron chi connectivity index (χ2n) is 3.66. The van der Waals surface area contributed by atoms with Crippen molar-refractivity contribution in [3.05, 3.63) is 59.7 Å². The molecule has 0 radical (unpaired) electrons. The van der Waals surface area contributed by atoms with Gasteiger partial charge in [0.15, 0.2) is 0 Å². The van der Waals surface area contributed by atoms with E-state index in [0.717, 1.165) is 11.1 Å². The molecule has 0 aliphatic heterocycles. The van der Waals surface area contributed by atoms with Gasteiger partial charge < -0.3 is 15.9 Å². The number of aromatic hydroxyl groups is 2. The van der Waals surface area contributed by atoms with Crippen molar-refractivity contribution >= 4 is 0 Å². The third kappa shape index (κ3) is 2.15. The zero-order chi connectivity index (χ0) is 11.5. The minimum absolute atomic E-state index is 0.224. The van der Waals surface area contributed by atoms with Crippen LogP contribution in [0.4, 0.5) is 0 Å². The summed E-state index contributed by atoms with van der Waals surface area (Å²) in [7, 11) is 0. The molecule has 0 fully saturated rings. The van der Waals surface area contributed by atoms with Crippen LogP contribution in [0.5, 0.6) is 11.5 Å². The zero-order valence-electron chi connectivity index (χ0n) is 8.67. The Labute approximate surface area is 93.8 Å². The Morgan fingerprint density at radius 1 is 0.688 bits per heavy atom. The Bertz CT molecular complexity index is 417. The van der Waals surface area contributed by atoms with Gasteiger partial charge in [-0.05, 0) is 35.4 Å². The van der Waals surface area contributed by atoms with E-state index in [-0.39, 0.29) is 17.5 Å². The summed E-state index contributed by atoms with van der Waals surface area (Å²) in [6.07, 6.45) is 0. The summed E-state index contributed by atoms with van der Waals surface area (Å²) in [5.41, 5.74) is 7.89. The van der Waals surface area contributed by atoms with Gasteiger partial charge in [0.1, 0.15) is 11.5 Å². The highest BCUT2D eigenvalue weighted by Gasteiger charge is 2.08. The third-order valence-corrected chi connectivity index (χ3v) is 2.50. The standard InChI is InChI=1S/C13H13NO2/c14-13(9-1-5-11(15)6-2-9)10-3-7-12(16)8-4-10/h1-8,13,15-16H,14H2. The Kier molecular flexibility index (Phi) is 2.79. The van der Waals surface area contributed by atoms with Crippen molar-refractivity contribution in [1.29, 1.82) is 0 Å². The Morgan fingerprint density at radius 3 is 1.31 bits per heavy atom. The monoisotopic (exact) mass is 215 g/mol. The number of nitrogens with two attached hydrogens (primary N) is 1. The maximum absolute atomic E-state index is 9.17. The normalized spacial score (nSPS) is 10.6. The molecule has 16 heavy (non-hydrogen) atoms. The van der Waals surface area contributed by atoms with Crippen molar-refractivity contribution in [2.24, 2.45) is 5.73 Å². The minimum atomic E-state index is -0.249. The molecular formula is C13H13NO2. The first kappa shape index (κ1) is 10.5. The molecule has 2 aromatic carbocycles. The van der Waals surface area contributed by atoms with Gasteiger partial charge >= 0.3 is 0 Å². The smallest absolute Gasteiger partial charge is 0.115 e. The van der Waals surface area contributed by atoms with E-state index in [1.807, 2.05) is 0 Å². The lowest BCUT2D eigenvalue weighted by atomic mass is 9.99. The molecule has 0 aliphatic rings. The van der Waals surface area contributed by atoms with E-state index in [9.17, 15) is 10.2 Å². The van der Waals surface area contributed by atoms with E-state index in [1.165, 1.54) is 0 Å². The van der Waals surface area contributed by atoms with Crippen molar-refractivity contribution in [3.63, 3.8) is 0 Å². The van der Waals surface area contributed by atoms with Gasteiger partial charge in [-0.3, -0.25) is 0 Å². The Morgan fingerprint density at radius 2 is 1.00 bits per heavy atom. The molecule has 0 amide bonds. The Hall–Kier alpha value is -2.00. The van der Waals surface area contributed by atoms with E-state index < -0.39 is 0 Å². The number of hydrogen-bond donors (Lipinski definition) is 3. The minimum Gasteiger partial charge on any atom is -0.508 e. The van der Waals surface area contributed by atoms with Crippen LogP contribution in [-0.4, -0.2) is 10.2 Å². The van der Waals surface area contributed by atoms with Gasteiger partial charge in [0, 0.05) is 0 Å². The maximum Gasteiger partial charge on any atom is 0.115 e. The van der Waals surface area contributed by atoms with Gasteiger partial charge in [-0.25, -0.2) is 0 Å². The summed E-state index contributed by atoms with van der Waals surface area (Å²) in [6, 6.07) is 13.3. The van der Waals surface area contributed by atoms with Gasteiger partial charge in [-0.2, -0.15) is 0 Å². The second kappa shape index (κ2) is 4.24. The van der Waals surface area contributed by atoms with E-state index in [1.54, 1.807) is 48.5 Å². The average Bonchev–Trinajstić information content (AvgIpc) is 2.30. The van der Waals surface area contributed by atoms with E-state index in [2.05, 4.69) is 0 Å². The fraction of sp³-hybridized carbons (Fsp3) is 0.0769. The highest BCUT2D eigenvalue weighted by atomic mass is 16.3. The van der Waals surface area contributed by atoms with Crippen molar-refractivity contribution in [1.82, 2.24) is 0 Å². The number of benzene rings is 2. The molecule has 82 valence electrons. The molecule has 3 heteroatoms. The molecule has 0 saturated carbocycles. The summed E-state index contributed by atoms with van der Waals surface area (Å²) >= 11 is 0. The van der Waals surface area contributed by atoms with E-state index in [0.29, 0.717) is 0 Å². The summed E-state index contributed by atoms with van der Waals surface area (Å²) < 4.78 is 0. The number of phenolic OH excluding ortho intramolecular Hbond substituents is 2. The fourth-order valence-electron chi connectivity index (χ4n) is 1.56. The molecular weight excluding hydrogens is 202 g/mol. The average molecular weight is 215 g/mol. The molecule has 0 spiro atoms. The first-order valence-electron chi connectivity index (χ1n) is 5.00. The van der Waals surface area contributed by atoms with Crippen LogP contribution in [0, 0.1) is 0 Å². The lowest BCUT2D eigenvalue weighted by Gasteiger charge is -2.12. The largest absolute Gasteiger partial charge is 0.508 e. The lowest BCUT2D eigenvalue weighted by Crippen LogP contribution is -2.11. The zero-order valence-corrected chi connectivity index (χ0v) is 8.67. The van der Waals surface area contributed by atoms with Crippen molar-refractivity contribution < 1.29 is 10.2 Å². The molecule has 2 rings (SSSR count). The highest BCUT2D eigenvalue weighted by molar-refractivity contribution is 5.36. The molecule has 3 nitrogen and oxygen atoms in total. The topological polar surface area (TPSA) is 66.5 Å². The lowest BCUT2D eigenvalue weighted by molar-refractivity contribution is 0.475. The van der Waals surface area contributed by atoms with Crippen LogP contribution in [0.15, 0.2) is 48.5 Å². The number of phenols is 2. The Balaban J connectivity index is 2.28. The molecule has 0 unspecified atom stereocenters. The predicted octanol–water partition coefficient (Wildman–Crippen LogP) is 2.15. The van der Waals surface area contributed by atoms with Crippen LogP contribution in [0.3, 0.4) is 0 Å². The first-order valence-corrected chi connectivity index (χ1v) is 5.00. The summed E-state index contributed by atoms with van der Waals surface area (Å²) in [4.78, 5) is 0. The quantitative estimate of drug-likeness (QED) is 0.719. The highest BCUT2D eigenvalue weighted by Crippen LogP contribution is 2.22. The molecule has 0 atom stereocenters. The van der Waals surface area contributed by atoms with Crippen molar-refractivity contribution in [3.8, 4) is 11.5 Å². The molecule has 0 aromatic heterocycles. The maximum atomic E-state index is 9.17. The molecule has 2 aromatic rings. The summed E-state index contributed by atoms with van der Waals surface area (Å²) in [6.45, 7) is 0. The van der Waals surface area contributed by atoms with Crippen LogP contribution in [0.1, 0.15) is 17.2 Å². The van der Waals surface area contributed by atoms with Crippen LogP contribution >= 0.6 is 0 Å². The third-order valence-electron chi connectivity index (χ3n) is 2.50. The van der Waals surface area contributed by atoms with Gasteiger partial charge in [-0.15, -0.1) is 0 Å². The summed E-state index contributed by atoms with van der Waals surface area (Å²) in [5.74, 6) is 0.448. The van der Waals surface area contributed by atoms with Crippen LogP contribution < -0.4 is 5.73 Å². The molecule has 0 saturated heterocycles. The van der Waals surface area contributed by atoms with Crippen LogP contribution in [0.25, 0.3) is 0 Å². The number of rotatable bonds is 2. The van der Waals surface area contributed by atoms with Crippen molar-refractivity contribution in [2.75, 3.05) is 0 Å². The van der Waals surface area contributed by atoms with Gasteiger partial charge in [0.2, 0.25) is 0 Å². The van der Waals surface area contributed by atoms with Gasteiger partial charge in [0.05, 0.1) is 6.04 Å². The SMILES string of the molecule is NC(c1ccc(O)cc1)c1ccc(O)cc1. The molecule has 0 aliphatic carbocycles. The molecule has 4 N–H and O–H groups in total. The van der Waals surface area contributed by atoms with E-state index in [4.69, 9.17) is 5.73 Å².